The number of alkyl halides is 2. The summed E-state index contributed by atoms with van der Waals surface area (Å²) in [6, 6.07) is 6.14. The molecule has 1 heterocycles. The van der Waals surface area contributed by atoms with E-state index in [4.69, 9.17) is 0 Å². The third-order valence-corrected chi connectivity index (χ3v) is 2.55. The molecule has 0 aliphatic carbocycles. The Kier molecular flexibility index (Phi) is 4.06. The number of aryl methyl sites for hydroxylation is 1. The number of hydrogen-bond acceptors (Lipinski definition) is 4. The van der Waals surface area contributed by atoms with Crippen molar-refractivity contribution in [2.75, 3.05) is 0 Å². The Balaban J connectivity index is 2.16. The summed E-state index contributed by atoms with van der Waals surface area (Å²) in [5, 5.41) is 17.6. The van der Waals surface area contributed by atoms with Crippen LogP contribution in [0.1, 0.15) is 17.4 Å². The van der Waals surface area contributed by atoms with Crippen molar-refractivity contribution >= 4 is 0 Å². The lowest BCUT2D eigenvalue weighted by atomic mass is 10.0. The van der Waals surface area contributed by atoms with Gasteiger partial charge in [0.1, 0.15) is 5.75 Å². The maximum Gasteiger partial charge on any atom is 0.387 e. The summed E-state index contributed by atoms with van der Waals surface area (Å²) in [4.78, 5) is 0. The van der Waals surface area contributed by atoms with Crippen LogP contribution in [0.2, 0.25) is 0 Å². The molecule has 1 N–H and O–H groups in total. The van der Waals surface area contributed by atoms with E-state index in [9.17, 15) is 13.9 Å². The zero-order valence-electron chi connectivity index (χ0n) is 10.2. The van der Waals surface area contributed by atoms with Gasteiger partial charge in [0, 0.05) is 25.2 Å². The Morgan fingerprint density at radius 3 is 2.74 bits per heavy atom. The molecule has 0 amide bonds. The average molecular weight is 269 g/mol. The molecule has 0 saturated heterocycles. The minimum absolute atomic E-state index is 0.0334. The standard InChI is InChI=1S/C12H13F2N3O2/c1-17-7-8(15-16-17)6-10(18)9-4-2-3-5-11(9)19-12(13)14/h2-5,7,10,12,18H,6H2,1H3. The van der Waals surface area contributed by atoms with Gasteiger partial charge in [-0.2, -0.15) is 8.78 Å². The topological polar surface area (TPSA) is 60.2 Å². The lowest BCUT2D eigenvalue weighted by Crippen LogP contribution is -2.08. The van der Waals surface area contributed by atoms with Crippen LogP contribution in [0.15, 0.2) is 30.5 Å². The molecule has 5 nitrogen and oxygen atoms in total. The monoisotopic (exact) mass is 269 g/mol. The van der Waals surface area contributed by atoms with Gasteiger partial charge in [-0.05, 0) is 6.07 Å². The molecule has 0 aliphatic rings. The van der Waals surface area contributed by atoms with Gasteiger partial charge in [0.15, 0.2) is 0 Å². The highest BCUT2D eigenvalue weighted by molar-refractivity contribution is 5.35. The van der Waals surface area contributed by atoms with Crippen LogP contribution < -0.4 is 4.74 Å². The molecule has 2 aromatic rings. The predicted molar refractivity (Wildman–Crippen MR) is 62.7 cm³/mol. The number of rotatable bonds is 5. The van der Waals surface area contributed by atoms with Crippen molar-refractivity contribution in [1.29, 1.82) is 0 Å². The number of aromatic nitrogens is 3. The Morgan fingerprint density at radius 2 is 2.11 bits per heavy atom. The number of ether oxygens (including phenoxy) is 1. The Morgan fingerprint density at radius 1 is 1.37 bits per heavy atom. The summed E-state index contributed by atoms with van der Waals surface area (Å²) >= 11 is 0. The number of halogens is 2. The molecule has 2 rings (SSSR count). The summed E-state index contributed by atoms with van der Waals surface area (Å²) in [7, 11) is 1.71. The highest BCUT2D eigenvalue weighted by Gasteiger charge is 2.17. The van der Waals surface area contributed by atoms with Crippen LogP contribution in [0.5, 0.6) is 5.75 Å². The molecule has 0 fully saturated rings. The Hall–Kier alpha value is -2.02. The third-order valence-electron chi connectivity index (χ3n) is 2.55. The van der Waals surface area contributed by atoms with E-state index in [0.717, 1.165) is 0 Å². The van der Waals surface area contributed by atoms with E-state index in [2.05, 4.69) is 15.0 Å². The molecule has 1 aromatic heterocycles. The minimum Gasteiger partial charge on any atom is -0.434 e. The van der Waals surface area contributed by atoms with Crippen molar-refractivity contribution in [2.24, 2.45) is 7.05 Å². The zero-order chi connectivity index (χ0) is 13.8. The van der Waals surface area contributed by atoms with Gasteiger partial charge in [0.2, 0.25) is 0 Å². The molecular weight excluding hydrogens is 256 g/mol. The number of aliphatic hydroxyl groups is 1. The van der Waals surface area contributed by atoms with Gasteiger partial charge in [-0.1, -0.05) is 23.4 Å². The first-order valence-corrected chi connectivity index (χ1v) is 5.63. The molecule has 0 radical (unpaired) electrons. The minimum atomic E-state index is -2.93. The van der Waals surface area contributed by atoms with E-state index in [0.29, 0.717) is 11.3 Å². The van der Waals surface area contributed by atoms with Gasteiger partial charge in [-0.15, -0.1) is 5.10 Å². The fraction of sp³-hybridized carbons (Fsp3) is 0.333. The van der Waals surface area contributed by atoms with Crippen molar-refractivity contribution in [2.45, 2.75) is 19.1 Å². The van der Waals surface area contributed by atoms with E-state index in [1.54, 1.807) is 31.4 Å². The van der Waals surface area contributed by atoms with Gasteiger partial charge in [-0.3, -0.25) is 4.68 Å². The van der Waals surface area contributed by atoms with Crippen molar-refractivity contribution in [3.05, 3.63) is 41.7 Å². The van der Waals surface area contributed by atoms with Crippen LogP contribution in [-0.2, 0) is 13.5 Å². The van der Waals surface area contributed by atoms with Crippen molar-refractivity contribution < 1.29 is 18.6 Å². The first-order chi connectivity index (χ1) is 9.06. The number of hydrogen-bond donors (Lipinski definition) is 1. The van der Waals surface area contributed by atoms with Gasteiger partial charge >= 0.3 is 6.61 Å². The molecule has 1 atom stereocenters. The quantitative estimate of drug-likeness (QED) is 0.897. The van der Waals surface area contributed by atoms with E-state index in [1.807, 2.05) is 0 Å². The molecule has 1 aromatic carbocycles. The first kappa shape index (κ1) is 13.4. The number of benzene rings is 1. The molecule has 0 aliphatic heterocycles. The molecule has 1 unspecified atom stereocenters. The molecule has 0 bridgehead atoms. The fourth-order valence-corrected chi connectivity index (χ4v) is 1.76. The normalized spacial score (nSPS) is 12.7. The van der Waals surface area contributed by atoms with E-state index >= 15 is 0 Å². The third kappa shape index (κ3) is 3.47. The molecule has 0 saturated carbocycles. The van der Waals surface area contributed by atoms with Crippen molar-refractivity contribution in [3.63, 3.8) is 0 Å². The van der Waals surface area contributed by atoms with Gasteiger partial charge in [0.25, 0.3) is 0 Å². The SMILES string of the molecule is Cn1cc(CC(O)c2ccccc2OC(F)F)nn1. The first-order valence-electron chi connectivity index (χ1n) is 5.63. The van der Waals surface area contributed by atoms with Crippen LogP contribution in [-0.4, -0.2) is 26.7 Å². The molecule has 19 heavy (non-hydrogen) atoms. The summed E-state index contributed by atoms with van der Waals surface area (Å²) < 4.78 is 30.4. The largest absolute Gasteiger partial charge is 0.434 e. The summed E-state index contributed by atoms with van der Waals surface area (Å²) in [6.07, 6.45) is 0.851. The van der Waals surface area contributed by atoms with E-state index in [-0.39, 0.29) is 12.2 Å². The lowest BCUT2D eigenvalue weighted by Gasteiger charge is -2.14. The van der Waals surface area contributed by atoms with Crippen molar-refractivity contribution in [1.82, 2.24) is 15.0 Å². The van der Waals surface area contributed by atoms with Crippen LogP contribution in [0.25, 0.3) is 0 Å². The highest BCUT2D eigenvalue weighted by atomic mass is 19.3. The molecule has 0 spiro atoms. The second-order valence-corrected chi connectivity index (χ2v) is 4.02. The summed E-state index contributed by atoms with van der Waals surface area (Å²) in [6.45, 7) is -2.93. The zero-order valence-corrected chi connectivity index (χ0v) is 10.2. The molecular formula is C12H13F2N3O2. The number of nitrogens with zero attached hydrogens (tertiary/aromatic N) is 3. The van der Waals surface area contributed by atoms with Gasteiger partial charge < -0.3 is 9.84 Å². The second kappa shape index (κ2) is 5.75. The summed E-state index contributed by atoms with van der Waals surface area (Å²) in [5.74, 6) is -0.0334. The van der Waals surface area contributed by atoms with Gasteiger partial charge in [0.05, 0.1) is 11.8 Å². The van der Waals surface area contributed by atoms with Crippen molar-refractivity contribution in [3.8, 4) is 5.75 Å². The predicted octanol–water partition coefficient (Wildman–Crippen LogP) is 1.69. The Bertz CT molecular complexity index is 545. The smallest absolute Gasteiger partial charge is 0.387 e. The van der Waals surface area contributed by atoms with Crippen LogP contribution in [0, 0.1) is 0 Å². The number of aliphatic hydroxyl groups excluding tert-OH is 1. The Labute approximate surface area is 108 Å². The van der Waals surface area contributed by atoms with E-state index < -0.39 is 12.7 Å². The summed E-state index contributed by atoms with van der Waals surface area (Å²) in [5.41, 5.74) is 0.871. The average Bonchev–Trinajstić information content (AvgIpc) is 2.74. The lowest BCUT2D eigenvalue weighted by molar-refractivity contribution is -0.0515. The van der Waals surface area contributed by atoms with Crippen LogP contribution in [0.4, 0.5) is 8.78 Å². The maximum atomic E-state index is 12.3. The highest BCUT2D eigenvalue weighted by Crippen LogP contribution is 2.28. The molecule has 102 valence electrons. The van der Waals surface area contributed by atoms with Gasteiger partial charge in [-0.25, -0.2) is 0 Å². The van der Waals surface area contributed by atoms with E-state index in [1.165, 1.54) is 10.7 Å². The number of para-hydroxylation sites is 1. The second-order valence-electron chi connectivity index (χ2n) is 4.02. The maximum absolute atomic E-state index is 12.3. The fourth-order valence-electron chi connectivity index (χ4n) is 1.76. The van der Waals surface area contributed by atoms with Crippen LogP contribution >= 0.6 is 0 Å². The molecule has 7 heteroatoms. The van der Waals surface area contributed by atoms with Crippen LogP contribution in [0.3, 0.4) is 0 Å².